The second-order valence-electron chi connectivity index (χ2n) is 4.69. The van der Waals surface area contributed by atoms with Crippen molar-refractivity contribution >= 4 is 11.5 Å². The van der Waals surface area contributed by atoms with Crippen molar-refractivity contribution in [3.63, 3.8) is 0 Å². The van der Waals surface area contributed by atoms with Crippen LogP contribution in [0.15, 0.2) is 18.2 Å². The summed E-state index contributed by atoms with van der Waals surface area (Å²) in [5, 5.41) is 16.3. The third-order valence-corrected chi connectivity index (χ3v) is 3.47. The number of aliphatic hydroxyl groups is 1. The number of benzene rings is 1. The molecule has 0 radical (unpaired) electrons. The van der Waals surface area contributed by atoms with E-state index in [-0.39, 0.29) is 18.3 Å². The maximum atomic E-state index is 13.9. The minimum atomic E-state index is -0.342. The minimum absolute atomic E-state index is 0.126. The van der Waals surface area contributed by atoms with Crippen LogP contribution in [-0.2, 0) is 0 Å². The Hall–Kier alpha value is -1.62. The van der Waals surface area contributed by atoms with Gasteiger partial charge in [0.05, 0.1) is 5.69 Å². The van der Waals surface area contributed by atoms with Crippen molar-refractivity contribution in [3.8, 4) is 0 Å². The lowest BCUT2D eigenvalue weighted by molar-refractivity contribution is 0.203. The fraction of sp³-hybridized carbons (Fsp3) is 0.462. The van der Waals surface area contributed by atoms with E-state index < -0.39 is 0 Å². The molecule has 1 heterocycles. The number of amidine groups is 1. The van der Waals surface area contributed by atoms with Gasteiger partial charge in [-0.3, -0.25) is 5.41 Å². The topological polar surface area (TPSA) is 73.3 Å². The van der Waals surface area contributed by atoms with Crippen LogP contribution in [0, 0.1) is 17.1 Å². The maximum absolute atomic E-state index is 13.9. The second-order valence-corrected chi connectivity index (χ2v) is 4.69. The van der Waals surface area contributed by atoms with Crippen LogP contribution in [0.3, 0.4) is 0 Å². The van der Waals surface area contributed by atoms with Gasteiger partial charge < -0.3 is 15.7 Å². The predicted octanol–water partition coefficient (Wildman–Crippen LogP) is 1.32. The molecule has 4 N–H and O–H groups in total. The summed E-state index contributed by atoms with van der Waals surface area (Å²) >= 11 is 0. The fourth-order valence-electron chi connectivity index (χ4n) is 2.29. The Bertz CT molecular complexity index is 442. The SMILES string of the molecule is N=C(N)c1ccc(N2CCC(CO)CC2)c(F)c1. The molecule has 0 aliphatic carbocycles. The van der Waals surface area contributed by atoms with Crippen LogP contribution in [0.1, 0.15) is 18.4 Å². The highest BCUT2D eigenvalue weighted by molar-refractivity contribution is 5.95. The molecule has 0 spiro atoms. The van der Waals surface area contributed by atoms with Gasteiger partial charge in [0.2, 0.25) is 0 Å². The van der Waals surface area contributed by atoms with E-state index in [0.717, 1.165) is 25.9 Å². The molecule has 98 valence electrons. The summed E-state index contributed by atoms with van der Waals surface area (Å²) in [4.78, 5) is 1.98. The lowest BCUT2D eigenvalue weighted by atomic mass is 9.97. The molecule has 4 nitrogen and oxygen atoms in total. The zero-order chi connectivity index (χ0) is 13.1. The van der Waals surface area contributed by atoms with Crippen molar-refractivity contribution in [2.24, 2.45) is 11.7 Å². The Kier molecular flexibility index (Phi) is 3.81. The van der Waals surface area contributed by atoms with Crippen molar-refractivity contribution in [2.75, 3.05) is 24.6 Å². The first-order valence-electron chi connectivity index (χ1n) is 6.11. The molecule has 1 saturated heterocycles. The first-order chi connectivity index (χ1) is 8.61. The number of hydrogen-bond acceptors (Lipinski definition) is 3. The zero-order valence-electron chi connectivity index (χ0n) is 10.2. The van der Waals surface area contributed by atoms with Gasteiger partial charge in [-0.05, 0) is 37.0 Å². The molecule has 0 bridgehead atoms. The van der Waals surface area contributed by atoms with Crippen molar-refractivity contribution in [1.29, 1.82) is 5.41 Å². The van der Waals surface area contributed by atoms with Crippen LogP contribution in [0.2, 0.25) is 0 Å². The summed E-state index contributed by atoms with van der Waals surface area (Å²) in [7, 11) is 0. The number of nitrogens with two attached hydrogens (primary N) is 1. The van der Waals surface area contributed by atoms with Gasteiger partial charge in [-0.25, -0.2) is 4.39 Å². The summed E-state index contributed by atoms with van der Waals surface area (Å²) < 4.78 is 13.9. The van der Waals surface area contributed by atoms with Gasteiger partial charge >= 0.3 is 0 Å². The Labute approximate surface area is 106 Å². The van der Waals surface area contributed by atoms with E-state index in [0.29, 0.717) is 17.2 Å². The number of aliphatic hydroxyl groups excluding tert-OH is 1. The van der Waals surface area contributed by atoms with E-state index in [1.54, 1.807) is 12.1 Å². The Morgan fingerprint density at radius 2 is 2.11 bits per heavy atom. The van der Waals surface area contributed by atoms with E-state index in [4.69, 9.17) is 16.2 Å². The number of halogens is 1. The van der Waals surface area contributed by atoms with Crippen molar-refractivity contribution in [1.82, 2.24) is 0 Å². The van der Waals surface area contributed by atoms with Crippen LogP contribution in [0.4, 0.5) is 10.1 Å². The predicted molar refractivity (Wildman–Crippen MR) is 69.4 cm³/mol. The zero-order valence-corrected chi connectivity index (χ0v) is 10.2. The molecule has 2 rings (SSSR count). The fourth-order valence-corrected chi connectivity index (χ4v) is 2.29. The van der Waals surface area contributed by atoms with E-state index in [1.165, 1.54) is 6.07 Å². The number of rotatable bonds is 3. The van der Waals surface area contributed by atoms with Crippen LogP contribution in [-0.4, -0.2) is 30.6 Å². The average Bonchev–Trinajstić information content (AvgIpc) is 2.38. The highest BCUT2D eigenvalue weighted by atomic mass is 19.1. The van der Waals surface area contributed by atoms with Crippen LogP contribution in [0.25, 0.3) is 0 Å². The molecular formula is C13H18FN3O. The quantitative estimate of drug-likeness (QED) is 0.560. The Balaban J connectivity index is 2.12. The largest absolute Gasteiger partial charge is 0.396 e. The molecule has 0 unspecified atom stereocenters. The molecule has 1 aliphatic rings. The Morgan fingerprint density at radius 1 is 1.44 bits per heavy atom. The van der Waals surface area contributed by atoms with Crippen LogP contribution < -0.4 is 10.6 Å². The summed E-state index contributed by atoms with van der Waals surface area (Å²) in [5.74, 6) is -0.134. The third-order valence-electron chi connectivity index (χ3n) is 3.47. The van der Waals surface area contributed by atoms with Gasteiger partial charge in [0.25, 0.3) is 0 Å². The van der Waals surface area contributed by atoms with Crippen molar-refractivity contribution in [3.05, 3.63) is 29.6 Å². The normalized spacial score (nSPS) is 16.9. The van der Waals surface area contributed by atoms with E-state index in [2.05, 4.69) is 0 Å². The molecule has 1 aromatic rings. The molecule has 1 fully saturated rings. The van der Waals surface area contributed by atoms with Gasteiger partial charge in [0.15, 0.2) is 0 Å². The Morgan fingerprint density at radius 3 is 2.61 bits per heavy atom. The summed E-state index contributed by atoms with van der Waals surface area (Å²) in [6.45, 7) is 1.71. The molecular weight excluding hydrogens is 233 g/mol. The molecule has 18 heavy (non-hydrogen) atoms. The van der Waals surface area contributed by atoms with Crippen molar-refractivity contribution < 1.29 is 9.50 Å². The van der Waals surface area contributed by atoms with E-state index >= 15 is 0 Å². The van der Waals surface area contributed by atoms with Gasteiger partial charge in [-0.1, -0.05) is 0 Å². The lowest BCUT2D eigenvalue weighted by Gasteiger charge is -2.33. The molecule has 0 amide bonds. The number of nitrogens with one attached hydrogen (secondary N) is 1. The smallest absolute Gasteiger partial charge is 0.147 e. The summed E-state index contributed by atoms with van der Waals surface area (Å²) in [6, 6.07) is 4.64. The monoisotopic (exact) mass is 251 g/mol. The maximum Gasteiger partial charge on any atom is 0.147 e. The van der Waals surface area contributed by atoms with E-state index in [9.17, 15) is 4.39 Å². The number of nitrogen functional groups attached to an aromatic ring is 1. The third kappa shape index (κ3) is 2.61. The standard InChI is InChI=1S/C13H18FN3O/c14-11-7-10(13(15)16)1-2-12(11)17-5-3-9(8-18)4-6-17/h1-2,7,9,18H,3-6,8H2,(H3,15,16). The van der Waals surface area contributed by atoms with Gasteiger partial charge in [0.1, 0.15) is 11.7 Å². The average molecular weight is 251 g/mol. The number of nitrogens with zero attached hydrogens (tertiary/aromatic N) is 1. The highest BCUT2D eigenvalue weighted by Gasteiger charge is 2.20. The number of anilines is 1. The van der Waals surface area contributed by atoms with Gasteiger partial charge in [-0.15, -0.1) is 0 Å². The second kappa shape index (κ2) is 5.35. The molecule has 5 heteroatoms. The molecule has 1 aromatic carbocycles. The van der Waals surface area contributed by atoms with Gasteiger partial charge in [-0.2, -0.15) is 0 Å². The van der Waals surface area contributed by atoms with Crippen molar-refractivity contribution in [2.45, 2.75) is 12.8 Å². The summed E-state index contributed by atoms with van der Waals surface area (Å²) in [6.07, 6.45) is 1.76. The summed E-state index contributed by atoms with van der Waals surface area (Å²) in [5.41, 5.74) is 6.28. The minimum Gasteiger partial charge on any atom is -0.396 e. The molecule has 0 saturated carbocycles. The lowest BCUT2D eigenvalue weighted by Crippen LogP contribution is -2.35. The molecule has 1 aliphatic heterocycles. The first kappa shape index (κ1) is 12.8. The first-order valence-corrected chi connectivity index (χ1v) is 6.11. The number of hydrogen-bond donors (Lipinski definition) is 3. The van der Waals surface area contributed by atoms with Crippen LogP contribution >= 0.6 is 0 Å². The molecule has 0 atom stereocenters. The van der Waals surface area contributed by atoms with Gasteiger partial charge in [0, 0.05) is 25.3 Å². The number of piperidine rings is 1. The highest BCUT2D eigenvalue weighted by Crippen LogP contribution is 2.26. The van der Waals surface area contributed by atoms with E-state index in [1.807, 2.05) is 4.90 Å². The molecule has 0 aromatic heterocycles. The van der Waals surface area contributed by atoms with Crippen LogP contribution in [0.5, 0.6) is 0 Å².